The van der Waals surface area contributed by atoms with Gasteiger partial charge in [-0.15, -0.1) is 0 Å². The Balaban J connectivity index is 1.96. The van der Waals surface area contributed by atoms with Crippen LogP contribution in [0, 0.1) is 6.92 Å². The van der Waals surface area contributed by atoms with E-state index in [4.69, 9.17) is 14.2 Å². The number of benzene rings is 3. The summed E-state index contributed by atoms with van der Waals surface area (Å²) in [6.07, 6.45) is 0. The van der Waals surface area contributed by atoms with Crippen molar-refractivity contribution in [1.29, 1.82) is 0 Å². The summed E-state index contributed by atoms with van der Waals surface area (Å²) < 4.78 is 43.9. The molecule has 0 fully saturated rings. The van der Waals surface area contributed by atoms with Crippen molar-refractivity contribution in [2.45, 2.75) is 11.8 Å². The molecule has 0 spiro atoms. The molecule has 0 aliphatic rings. The van der Waals surface area contributed by atoms with Gasteiger partial charge < -0.3 is 19.5 Å². The van der Waals surface area contributed by atoms with Gasteiger partial charge in [0.05, 0.1) is 37.6 Å². The Morgan fingerprint density at radius 3 is 2.15 bits per heavy atom. The van der Waals surface area contributed by atoms with Crippen LogP contribution >= 0.6 is 0 Å². The lowest BCUT2D eigenvalue weighted by Gasteiger charge is -2.24. The molecule has 174 valence electrons. The van der Waals surface area contributed by atoms with Crippen molar-refractivity contribution in [3.05, 3.63) is 72.3 Å². The highest BCUT2D eigenvalue weighted by atomic mass is 32.2. The molecule has 3 rings (SSSR count). The van der Waals surface area contributed by atoms with Gasteiger partial charge in [0.15, 0.2) is 0 Å². The zero-order valence-electron chi connectivity index (χ0n) is 18.9. The molecule has 0 bridgehead atoms. The molecule has 9 heteroatoms. The fraction of sp³-hybridized carbons (Fsp3) is 0.208. The van der Waals surface area contributed by atoms with Crippen LogP contribution in [0.2, 0.25) is 0 Å². The Kier molecular flexibility index (Phi) is 7.44. The van der Waals surface area contributed by atoms with Crippen molar-refractivity contribution in [2.24, 2.45) is 0 Å². The van der Waals surface area contributed by atoms with E-state index in [1.807, 2.05) is 0 Å². The number of hydrogen-bond acceptors (Lipinski definition) is 6. The van der Waals surface area contributed by atoms with E-state index < -0.39 is 22.5 Å². The SMILES string of the molecule is COc1ccc(OC)c(NC(=O)CN(c2ccccc2)S(=O)(=O)c2ccc(OC)c(C)c2)c1. The molecule has 0 radical (unpaired) electrons. The number of amides is 1. The maximum Gasteiger partial charge on any atom is 0.264 e. The molecular weight excluding hydrogens is 444 g/mol. The summed E-state index contributed by atoms with van der Waals surface area (Å²) >= 11 is 0. The van der Waals surface area contributed by atoms with Gasteiger partial charge in [-0.05, 0) is 55.0 Å². The summed E-state index contributed by atoms with van der Waals surface area (Å²) in [5, 5.41) is 2.72. The number of hydrogen-bond donors (Lipinski definition) is 1. The molecule has 0 atom stereocenters. The zero-order chi connectivity index (χ0) is 24.0. The van der Waals surface area contributed by atoms with Gasteiger partial charge in [0, 0.05) is 6.07 Å². The van der Waals surface area contributed by atoms with Gasteiger partial charge >= 0.3 is 0 Å². The zero-order valence-corrected chi connectivity index (χ0v) is 19.7. The molecule has 1 amide bonds. The largest absolute Gasteiger partial charge is 0.497 e. The summed E-state index contributed by atoms with van der Waals surface area (Å²) in [7, 11) is 0.446. The molecule has 0 aliphatic heterocycles. The van der Waals surface area contributed by atoms with Crippen LogP contribution in [0.15, 0.2) is 71.6 Å². The first-order valence-electron chi connectivity index (χ1n) is 10.0. The lowest BCUT2D eigenvalue weighted by atomic mass is 10.2. The second kappa shape index (κ2) is 10.3. The first kappa shape index (κ1) is 23.9. The van der Waals surface area contributed by atoms with Crippen LogP contribution in [0.3, 0.4) is 0 Å². The number of sulfonamides is 1. The number of para-hydroxylation sites is 1. The lowest BCUT2D eigenvalue weighted by Crippen LogP contribution is -2.38. The number of anilines is 2. The van der Waals surface area contributed by atoms with Crippen molar-refractivity contribution < 1.29 is 27.4 Å². The first-order valence-corrected chi connectivity index (χ1v) is 11.5. The third-order valence-corrected chi connectivity index (χ3v) is 6.74. The maximum atomic E-state index is 13.6. The third-order valence-electron chi connectivity index (χ3n) is 4.97. The van der Waals surface area contributed by atoms with E-state index in [-0.39, 0.29) is 4.90 Å². The molecule has 0 saturated carbocycles. The van der Waals surface area contributed by atoms with Crippen LogP contribution < -0.4 is 23.8 Å². The quantitative estimate of drug-likeness (QED) is 0.511. The Labute approximate surface area is 193 Å². The molecule has 0 heterocycles. The maximum absolute atomic E-state index is 13.6. The molecule has 0 saturated heterocycles. The predicted octanol–water partition coefficient (Wildman–Crippen LogP) is 3.85. The van der Waals surface area contributed by atoms with Gasteiger partial charge in [0.2, 0.25) is 5.91 Å². The topological polar surface area (TPSA) is 94.2 Å². The highest BCUT2D eigenvalue weighted by Crippen LogP contribution is 2.30. The standard InChI is InChI=1S/C24H26N2O6S/c1-17-14-20(11-13-22(17)31-3)33(28,29)26(18-8-6-5-7-9-18)16-24(27)25-21-15-19(30-2)10-12-23(21)32-4/h5-15H,16H2,1-4H3,(H,25,27). The Bertz CT molecular complexity index is 1230. The van der Waals surface area contributed by atoms with E-state index in [1.54, 1.807) is 61.5 Å². The summed E-state index contributed by atoms with van der Waals surface area (Å²) in [5.74, 6) is 0.971. The molecule has 0 unspecified atom stereocenters. The highest BCUT2D eigenvalue weighted by molar-refractivity contribution is 7.92. The van der Waals surface area contributed by atoms with E-state index in [1.165, 1.54) is 33.5 Å². The van der Waals surface area contributed by atoms with Crippen LogP contribution in [-0.2, 0) is 14.8 Å². The third kappa shape index (κ3) is 5.38. The first-order chi connectivity index (χ1) is 15.8. The normalized spacial score (nSPS) is 10.9. The molecule has 0 aromatic heterocycles. The van der Waals surface area contributed by atoms with Gasteiger partial charge in [-0.25, -0.2) is 8.42 Å². The summed E-state index contributed by atoms with van der Waals surface area (Å²) in [6.45, 7) is 1.31. The molecule has 1 N–H and O–H groups in total. The van der Waals surface area contributed by atoms with Crippen molar-refractivity contribution in [1.82, 2.24) is 0 Å². The van der Waals surface area contributed by atoms with Crippen LogP contribution in [-0.4, -0.2) is 42.2 Å². The van der Waals surface area contributed by atoms with Crippen molar-refractivity contribution >= 4 is 27.3 Å². The number of aryl methyl sites for hydroxylation is 1. The molecular formula is C24H26N2O6S. The van der Waals surface area contributed by atoms with E-state index in [9.17, 15) is 13.2 Å². The summed E-state index contributed by atoms with van der Waals surface area (Å²) in [4.78, 5) is 13.0. The number of nitrogens with zero attached hydrogens (tertiary/aromatic N) is 1. The minimum atomic E-state index is -4.06. The van der Waals surface area contributed by atoms with Crippen LogP contribution in [0.25, 0.3) is 0 Å². The van der Waals surface area contributed by atoms with E-state index in [2.05, 4.69) is 5.32 Å². The van der Waals surface area contributed by atoms with Crippen molar-refractivity contribution in [2.75, 3.05) is 37.5 Å². The van der Waals surface area contributed by atoms with Crippen LogP contribution in [0.5, 0.6) is 17.2 Å². The molecule has 8 nitrogen and oxygen atoms in total. The number of nitrogens with one attached hydrogen (secondary N) is 1. The molecule has 0 aliphatic carbocycles. The summed E-state index contributed by atoms with van der Waals surface area (Å²) in [5.41, 5.74) is 1.39. The average Bonchev–Trinajstić information content (AvgIpc) is 2.82. The Morgan fingerprint density at radius 2 is 1.55 bits per heavy atom. The van der Waals surface area contributed by atoms with Gasteiger partial charge in [-0.1, -0.05) is 18.2 Å². The Morgan fingerprint density at radius 1 is 0.879 bits per heavy atom. The highest BCUT2D eigenvalue weighted by Gasteiger charge is 2.28. The van der Waals surface area contributed by atoms with Crippen LogP contribution in [0.4, 0.5) is 11.4 Å². The molecule has 3 aromatic carbocycles. The van der Waals surface area contributed by atoms with E-state index in [0.717, 1.165) is 4.31 Å². The van der Waals surface area contributed by atoms with Gasteiger partial charge in [-0.2, -0.15) is 0 Å². The minimum Gasteiger partial charge on any atom is -0.497 e. The van der Waals surface area contributed by atoms with Gasteiger partial charge in [-0.3, -0.25) is 9.10 Å². The summed E-state index contributed by atoms with van der Waals surface area (Å²) in [6, 6.07) is 18.0. The van der Waals surface area contributed by atoms with E-state index >= 15 is 0 Å². The number of ether oxygens (including phenoxy) is 3. The number of carbonyl (C=O) groups is 1. The second-order valence-electron chi connectivity index (χ2n) is 7.09. The smallest absolute Gasteiger partial charge is 0.264 e. The van der Waals surface area contributed by atoms with Gasteiger partial charge in [0.1, 0.15) is 23.8 Å². The lowest BCUT2D eigenvalue weighted by molar-refractivity contribution is -0.114. The van der Waals surface area contributed by atoms with Gasteiger partial charge in [0.25, 0.3) is 10.0 Å². The number of rotatable bonds is 9. The average molecular weight is 471 g/mol. The van der Waals surface area contributed by atoms with Crippen molar-refractivity contribution in [3.63, 3.8) is 0 Å². The fourth-order valence-corrected chi connectivity index (χ4v) is 4.79. The number of carbonyl (C=O) groups excluding carboxylic acids is 1. The molecule has 33 heavy (non-hydrogen) atoms. The monoisotopic (exact) mass is 470 g/mol. The number of methoxy groups -OCH3 is 3. The Hall–Kier alpha value is -3.72. The van der Waals surface area contributed by atoms with Crippen molar-refractivity contribution in [3.8, 4) is 17.2 Å². The predicted molar refractivity (Wildman–Crippen MR) is 127 cm³/mol. The minimum absolute atomic E-state index is 0.0522. The molecule has 3 aromatic rings. The van der Waals surface area contributed by atoms with Crippen LogP contribution in [0.1, 0.15) is 5.56 Å². The van der Waals surface area contributed by atoms with E-state index in [0.29, 0.717) is 34.2 Å². The fourth-order valence-electron chi connectivity index (χ4n) is 3.28. The second-order valence-corrected chi connectivity index (χ2v) is 8.96.